The van der Waals surface area contributed by atoms with Crippen LogP contribution in [0.25, 0.3) is 0 Å². The van der Waals surface area contributed by atoms with E-state index in [9.17, 15) is 4.79 Å². The van der Waals surface area contributed by atoms with Crippen LogP contribution < -0.4 is 5.32 Å². The zero-order valence-electron chi connectivity index (χ0n) is 12.0. The standard InChI is InChI=1S/C17H17BrClNO/c1-11-9-14(7-8-15(11)18)17(21)20-12(2)10-13-5-3-4-6-16(13)19/h3-9,12H,10H2,1-2H3,(H,20,21). The Kier molecular flexibility index (Phi) is 5.43. The van der Waals surface area contributed by atoms with Gasteiger partial charge in [0, 0.05) is 21.1 Å². The van der Waals surface area contributed by atoms with Crippen LogP contribution in [0.3, 0.4) is 0 Å². The minimum atomic E-state index is -0.0647. The predicted octanol–water partition coefficient (Wildman–Crippen LogP) is 4.77. The molecule has 21 heavy (non-hydrogen) atoms. The number of rotatable bonds is 4. The van der Waals surface area contributed by atoms with Gasteiger partial charge in [0.15, 0.2) is 0 Å². The van der Waals surface area contributed by atoms with Crippen molar-refractivity contribution in [2.45, 2.75) is 26.3 Å². The van der Waals surface area contributed by atoms with Crippen molar-refractivity contribution in [3.8, 4) is 0 Å². The van der Waals surface area contributed by atoms with Gasteiger partial charge in [-0.1, -0.05) is 45.7 Å². The number of halogens is 2. The Morgan fingerprint density at radius 1 is 1.29 bits per heavy atom. The first kappa shape index (κ1) is 16.1. The second kappa shape index (κ2) is 7.10. The van der Waals surface area contributed by atoms with Crippen LogP contribution in [0.15, 0.2) is 46.9 Å². The van der Waals surface area contributed by atoms with Crippen LogP contribution >= 0.6 is 27.5 Å². The van der Waals surface area contributed by atoms with Crippen LogP contribution in [0.2, 0.25) is 5.02 Å². The van der Waals surface area contributed by atoms with Crippen LogP contribution in [-0.4, -0.2) is 11.9 Å². The zero-order valence-corrected chi connectivity index (χ0v) is 14.3. The first-order chi connectivity index (χ1) is 9.97. The van der Waals surface area contributed by atoms with Crippen LogP contribution in [0.5, 0.6) is 0 Å². The van der Waals surface area contributed by atoms with Crippen molar-refractivity contribution >= 4 is 33.4 Å². The molecule has 0 spiro atoms. The topological polar surface area (TPSA) is 29.1 Å². The van der Waals surface area contributed by atoms with Crippen LogP contribution in [0.4, 0.5) is 0 Å². The molecular weight excluding hydrogens is 350 g/mol. The van der Waals surface area contributed by atoms with E-state index in [-0.39, 0.29) is 11.9 Å². The van der Waals surface area contributed by atoms with Crippen molar-refractivity contribution in [3.63, 3.8) is 0 Å². The molecule has 2 rings (SSSR count). The van der Waals surface area contributed by atoms with Gasteiger partial charge >= 0.3 is 0 Å². The van der Waals surface area contributed by atoms with E-state index in [0.29, 0.717) is 12.0 Å². The summed E-state index contributed by atoms with van der Waals surface area (Å²) in [5.41, 5.74) is 2.75. The number of aryl methyl sites for hydroxylation is 1. The summed E-state index contributed by atoms with van der Waals surface area (Å²) in [6.45, 7) is 3.95. The third kappa shape index (κ3) is 4.32. The molecule has 1 N–H and O–H groups in total. The van der Waals surface area contributed by atoms with E-state index in [2.05, 4.69) is 21.2 Å². The SMILES string of the molecule is Cc1cc(C(=O)NC(C)Cc2ccccc2Cl)ccc1Br. The number of hydrogen-bond acceptors (Lipinski definition) is 1. The Morgan fingerprint density at radius 2 is 2.00 bits per heavy atom. The Balaban J connectivity index is 2.02. The fourth-order valence-corrected chi connectivity index (χ4v) is 2.60. The van der Waals surface area contributed by atoms with Gasteiger partial charge in [-0.05, 0) is 55.7 Å². The lowest BCUT2D eigenvalue weighted by Gasteiger charge is -2.15. The minimum absolute atomic E-state index is 0.0151. The van der Waals surface area contributed by atoms with E-state index in [1.54, 1.807) is 0 Å². The van der Waals surface area contributed by atoms with Crippen LogP contribution in [0.1, 0.15) is 28.4 Å². The molecule has 0 aromatic heterocycles. The van der Waals surface area contributed by atoms with E-state index in [0.717, 1.165) is 20.6 Å². The summed E-state index contributed by atoms with van der Waals surface area (Å²) in [7, 11) is 0. The molecule has 1 atom stereocenters. The van der Waals surface area contributed by atoms with E-state index >= 15 is 0 Å². The largest absolute Gasteiger partial charge is 0.349 e. The number of hydrogen-bond donors (Lipinski definition) is 1. The van der Waals surface area contributed by atoms with Crippen molar-refractivity contribution in [2.24, 2.45) is 0 Å². The molecule has 0 saturated carbocycles. The van der Waals surface area contributed by atoms with Gasteiger partial charge in [0.05, 0.1) is 0 Å². The predicted molar refractivity (Wildman–Crippen MR) is 91.0 cm³/mol. The molecule has 2 aromatic carbocycles. The van der Waals surface area contributed by atoms with Gasteiger partial charge in [-0.25, -0.2) is 0 Å². The lowest BCUT2D eigenvalue weighted by molar-refractivity contribution is 0.0940. The molecule has 0 fully saturated rings. The molecule has 0 aliphatic rings. The van der Waals surface area contributed by atoms with Crippen LogP contribution in [0, 0.1) is 6.92 Å². The second-order valence-electron chi connectivity index (χ2n) is 5.13. The van der Waals surface area contributed by atoms with Gasteiger partial charge in [-0.3, -0.25) is 4.79 Å². The molecule has 110 valence electrons. The first-order valence-electron chi connectivity index (χ1n) is 6.78. The lowest BCUT2D eigenvalue weighted by Crippen LogP contribution is -2.34. The number of benzene rings is 2. The zero-order chi connectivity index (χ0) is 15.4. The van der Waals surface area contributed by atoms with E-state index in [4.69, 9.17) is 11.6 Å². The van der Waals surface area contributed by atoms with Crippen molar-refractivity contribution < 1.29 is 4.79 Å². The maximum atomic E-state index is 12.2. The van der Waals surface area contributed by atoms with Gasteiger partial charge in [-0.15, -0.1) is 0 Å². The normalized spacial score (nSPS) is 12.0. The molecule has 2 aromatic rings. The number of carbonyl (C=O) groups is 1. The fourth-order valence-electron chi connectivity index (χ4n) is 2.14. The maximum Gasteiger partial charge on any atom is 0.251 e. The third-order valence-corrected chi connectivity index (χ3v) is 4.54. The summed E-state index contributed by atoms with van der Waals surface area (Å²) < 4.78 is 1.00. The highest BCUT2D eigenvalue weighted by atomic mass is 79.9. The smallest absolute Gasteiger partial charge is 0.251 e. The molecule has 0 saturated heterocycles. The summed E-state index contributed by atoms with van der Waals surface area (Å²) in [5, 5.41) is 3.74. The maximum absolute atomic E-state index is 12.2. The quantitative estimate of drug-likeness (QED) is 0.829. The molecule has 0 aliphatic heterocycles. The highest BCUT2D eigenvalue weighted by molar-refractivity contribution is 9.10. The highest BCUT2D eigenvalue weighted by Crippen LogP contribution is 2.18. The fraction of sp³-hybridized carbons (Fsp3) is 0.235. The Hall–Kier alpha value is -1.32. The Morgan fingerprint density at radius 3 is 2.67 bits per heavy atom. The van der Waals surface area contributed by atoms with Gasteiger partial charge in [0.2, 0.25) is 0 Å². The Bertz CT molecular complexity index is 657. The van der Waals surface area contributed by atoms with Crippen molar-refractivity contribution in [2.75, 3.05) is 0 Å². The van der Waals surface area contributed by atoms with Gasteiger partial charge in [0.1, 0.15) is 0 Å². The summed E-state index contributed by atoms with van der Waals surface area (Å²) >= 11 is 9.58. The van der Waals surface area contributed by atoms with E-state index < -0.39 is 0 Å². The molecule has 4 heteroatoms. The van der Waals surface area contributed by atoms with Crippen molar-refractivity contribution in [3.05, 3.63) is 68.7 Å². The van der Waals surface area contributed by atoms with Crippen molar-refractivity contribution in [1.29, 1.82) is 0 Å². The monoisotopic (exact) mass is 365 g/mol. The summed E-state index contributed by atoms with van der Waals surface area (Å²) in [6.07, 6.45) is 0.709. The molecular formula is C17H17BrClNO. The molecule has 1 unspecified atom stereocenters. The molecule has 0 radical (unpaired) electrons. The third-order valence-electron chi connectivity index (χ3n) is 3.28. The second-order valence-corrected chi connectivity index (χ2v) is 6.40. The average Bonchev–Trinajstić information content (AvgIpc) is 2.44. The molecule has 0 heterocycles. The van der Waals surface area contributed by atoms with Crippen molar-refractivity contribution in [1.82, 2.24) is 5.32 Å². The van der Waals surface area contributed by atoms with Gasteiger partial charge < -0.3 is 5.32 Å². The molecule has 0 bridgehead atoms. The average molecular weight is 367 g/mol. The van der Waals surface area contributed by atoms with Crippen LogP contribution in [-0.2, 0) is 6.42 Å². The highest BCUT2D eigenvalue weighted by Gasteiger charge is 2.12. The summed E-state index contributed by atoms with van der Waals surface area (Å²) in [4.78, 5) is 12.2. The summed E-state index contributed by atoms with van der Waals surface area (Å²) in [5.74, 6) is -0.0647. The van der Waals surface area contributed by atoms with E-state index in [1.807, 2.05) is 56.3 Å². The van der Waals surface area contributed by atoms with Gasteiger partial charge in [-0.2, -0.15) is 0 Å². The minimum Gasteiger partial charge on any atom is -0.349 e. The Labute approximate surface area is 138 Å². The molecule has 2 nitrogen and oxygen atoms in total. The number of nitrogens with one attached hydrogen (secondary N) is 1. The molecule has 1 amide bonds. The first-order valence-corrected chi connectivity index (χ1v) is 7.95. The molecule has 0 aliphatic carbocycles. The lowest BCUT2D eigenvalue weighted by atomic mass is 10.1. The summed E-state index contributed by atoms with van der Waals surface area (Å²) in [6, 6.07) is 13.3. The number of carbonyl (C=O) groups excluding carboxylic acids is 1. The number of amides is 1. The van der Waals surface area contributed by atoms with Gasteiger partial charge in [0.25, 0.3) is 5.91 Å². The van der Waals surface area contributed by atoms with E-state index in [1.165, 1.54) is 0 Å².